The van der Waals surface area contributed by atoms with Crippen LogP contribution in [-0.4, -0.2) is 60.9 Å². The number of nitrogens with one attached hydrogen (secondary N) is 1. The zero-order valence-corrected chi connectivity index (χ0v) is 23.4. The first-order valence-electron chi connectivity index (χ1n) is 13.1. The summed E-state index contributed by atoms with van der Waals surface area (Å²) in [7, 11) is 3.32. The van der Waals surface area contributed by atoms with Gasteiger partial charge in [0.15, 0.2) is 17.6 Å². The summed E-state index contributed by atoms with van der Waals surface area (Å²) in [6.45, 7) is 4.38. The molecule has 2 aliphatic rings. The fourth-order valence-corrected chi connectivity index (χ4v) is 6.83. The van der Waals surface area contributed by atoms with Crippen molar-refractivity contribution in [2.24, 2.45) is 0 Å². The van der Waals surface area contributed by atoms with Gasteiger partial charge in [-0.3, -0.25) is 0 Å². The molecule has 0 aliphatic carbocycles. The number of aliphatic hydroxyl groups is 1. The van der Waals surface area contributed by atoms with E-state index in [1.54, 1.807) is 37.7 Å². The number of hydrogen-bond acceptors (Lipinski definition) is 10. The van der Waals surface area contributed by atoms with Crippen LogP contribution in [0, 0.1) is 0 Å². The summed E-state index contributed by atoms with van der Waals surface area (Å²) in [6.07, 6.45) is 0.541. The van der Waals surface area contributed by atoms with E-state index < -0.39 is 24.0 Å². The highest BCUT2D eigenvalue weighted by atomic mass is 32.1. The minimum atomic E-state index is -2.23. The van der Waals surface area contributed by atoms with Gasteiger partial charge in [-0.15, -0.1) is 11.3 Å². The molecule has 0 bridgehead atoms. The van der Waals surface area contributed by atoms with Crippen molar-refractivity contribution in [1.29, 1.82) is 0 Å². The zero-order valence-electron chi connectivity index (χ0n) is 22.6. The monoisotopic (exact) mass is 566 g/mol. The van der Waals surface area contributed by atoms with Crippen LogP contribution in [0.25, 0.3) is 21.0 Å². The molecule has 3 atom stereocenters. The van der Waals surface area contributed by atoms with Crippen molar-refractivity contribution in [3.63, 3.8) is 0 Å². The fraction of sp³-hybridized carbons (Fsp3) is 0.379. The van der Waals surface area contributed by atoms with E-state index in [2.05, 4.69) is 28.9 Å². The predicted molar refractivity (Wildman–Crippen MR) is 149 cm³/mol. The van der Waals surface area contributed by atoms with E-state index in [0.717, 1.165) is 47.6 Å². The molecule has 4 heterocycles. The van der Waals surface area contributed by atoms with Crippen LogP contribution in [0.2, 0.25) is 0 Å². The molecule has 2 saturated heterocycles. The SMILES string of the molecule is COc1ccc2sc([C@@H]3CCN(c4cc5c(OC6([C@H](C)O)OC(=O)C(=O)O6)cccc5[nH]4)[C@H](C)C3)cc2c1OC. The molecule has 2 aromatic carbocycles. The highest BCUT2D eigenvalue weighted by Gasteiger charge is 2.56. The Kier molecular flexibility index (Phi) is 6.50. The van der Waals surface area contributed by atoms with E-state index in [1.807, 2.05) is 18.2 Å². The number of aromatic amines is 1. The first-order valence-corrected chi connectivity index (χ1v) is 13.9. The Hall–Kier alpha value is -3.96. The second-order valence-corrected chi connectivity index (χ2v) is 11.3. The molecule has 0 amide bonds. The second kappa shape index (κ2) is 9.90. The maximum absolute atomic E-state index is 11.7. The molecule has 0 radical (unpaired) electrons. The van der Waals surface area contributed by atoms with Crippen LogP contribution in [-0.2, 0) is 19.1 Å². The number of aromatic nitrogens is 1. The number of nitrogens with zero attached hydrogens (tertiary/aromatic N) is 1. The van der Waals surface area contributed by atoms with Gasteiger partial charge in [0.05, 0.1) is 19.7 Å². The number of cyclic esters (lactones) is 2. The van der Waals surface area contributed by atoms with Crippen LogP contribution >= 0.6 is 11.3 Å². The maximum Gasteiger partial charge on any atom is 0.449 e. The number of H-pyrrole nitrogens is 1. The number of anilines is 1. The summed E-state index contributed by atoms with van der Waals surface area (Å²) in [5.41, 5.74) is 0.795. The number of esters is 2. The van der Waals surface area contributed by atoms with Crippen LogP contribution in [0.3, 0.4) is 0 Å². The lowest BCUT2D eigenvalue weighted by Crippen LogP contribution is -2.47. The maximum atomic E-state index is 11.7. The van der Waals surface area contributed by atoms with Crippen LogP contribution in [0.1, 0.15) is 37.5 Å². The highest BCUT2D eigenvalue weighted by molar-refractivity contribution is 7.19. The normalized spacial score (nSPS) is 21.4. The Bertz CT molecular complexity index is 1590. The van der Waals surface area contributed by atoms with E-state index >= 15 is 0 Å². The van der Waals surface area contributed by atoms with Crippen molar-refractivity contribution >= 4 is 50.1 Å². The van der Waals surface area contributed by atoms with E-state index in [-0.39, 0.29) is 6.04 Å². The Balaban J connectivity index is 1.24. The summed E-state index contributed by atoms with van der Waals surface area (Å²) in [4.78, 5) is 30.6. The molecular formula is C29H30N2O8S. The average molecular weight is 567 g/mol. The van der Waals surface area contributed by atoms with Gasteiger partial charge in [0, 0.05) is 32.9 Å². The van der Waals surface area contributed by atoms with Gasteiger partial charge in [0.1, 0.15) is 11.6 Å². The highest BCUT2D eigenvalue weighted by Crippen LogP contribution is 2.45. The van der Waals surface area contributed by atoms with Crippen LogP contribution < -0.4 is 19.1 Å². The largest absolute Gasteiger partial charge is 0.493 e. The molecule has 4 aromatic rings. The molecule has 210 valence electrons. The second-order valence-electron chi connectivity index (χ2n) is 10.2. The van der Waals surface area contributed by atoms with Gasteiger partial charge >= 0.3 is 17.9 Å². The Morgan fingerprint density at radius 3 is 2.52 bits per heavy atom. The number of carbonyl (C=O) groups is 2. The number of methoxy groups -OCH3 is 2. The molecule has 40 heavy (non-hydrogen) atoms. The molecule has 0 unspecified atom stereocenters. The number of aliphatic hydroxyl groups excluding tert-OH is 1. The van der Waals surface area contributed by atoms with Gasteiger partial charge in [-0.25, -0.2) is 9.59 Å². The number of hydrogen-bond donors (Lipinski definition) is 2. The summed E-state index contributed by atoms with van der Waals surface area (Å²) in [5, 5.41) is 12.0. The molecule has 2 aliphatic heterocycles. The molecule has 2 N–H and O–H groups in total. The van der Waals surface area contributed by atoms with Crippen LogP contribution in [0.15, 0.2) is 42.5 Å². The summed E-state index contributed by atoms with van der Waals surface area (Å²) in [5.74, 6) is -1.52. The molecular weight excluding hydrogens is 536 g/mol. The topological polar surface area (TPSA) is 120 Å². The lowest BCUT2D eigenvalue weighted by Gasteiger charge is -2.38. The van der Waals surface area contributed by atoms with Crippen molar-refractivity contribution in [1.82, 2.24) is 4.98 Å². The Morgan fingerprint density at radius 1 is 1.07 bits per heavy atom. The van der Waals surface area contributed by atoms with Gasteiger partial charge in [-0.05, 0) is 69.0 Å². The van der Waals surface area contributed by atoms with Crippen molar-refractivity contribution in [3.8, 4) is 17.2 Å². The number of benzene rings is 2. The smallest absolute Gasteiger partial charge is 0.449 e. The Morgan fingerprint density at radius 2 is 1.85 bits per heavy atom. The summed E-state index contributed by atoms with van der Waals surface area (Å²) >= 11 is 1.80. The fourth-order valence-electron chi connectivity index (χ4n) is 5.62. The van der Waals surface area contributed by atoms with Gasteiger partial charge in [0.25, 0.3) is 0 Å². The lowest BCUT2D eigenvalue weighted by molar-refractivity contribution is -0.313. The molecule has 10 nitrogen and oxygen atoms in total. The van der Waals surface area contributed by atoms with E-state index in [1.165, 1.54) is 16.5 Å². The lowest BCUT2D eigenvalue weighted by atomic mass is 9.90. The van der Waals surface area contributed by atoms with Crippen LogP contribution in [0.5, 0.6) is 17.2 Å². The standard InChI is InChI=1S/C29H30N2O8S/c1-15-12-17(24-13-19-23(40-24)9-8-22(35-3)26(19)36-4)10-11-31(15)25-14-18-20(30-25)6-5-7-21(18)37-29(16(2)32)38-27(33)28(34)39-29/h5-9,13-17,30,32H,10-12H2,1-4H3/t15-,16+,17-/m1/s1. The minimum absolute atomic E-state index is 0.248. The summed E-state index contributed by atoms with van der Waals surface area (Å²) in [6, 6.07) is 13.8. The minimum Gasteiger partial charge on any atom is -0.493 e. The number of ether oxygens (including phenoxy) is 5. The van der Waals surface area contributed by atoms with E-state index in [0.29, 0.717) is 17.1 Å². The van der Waals surface area contributed by atoms with Crippen molar-refractivity contribution in [3.05, 3.63) is 47.3 Å². The number of thiophene rings is 1. The molecule has 2 aromatic heterocycles. The number of carbonyl (C=O) groups excluding carboxylic acids is 2. The number of rotatable bonds is 7. The molecule has 2 fully saturated rings. The first-order chi connectivity index (χ1) is 19.2. The molecule has 0 spiro atoms. The Labute approximate surface area is 234 Å². The third-order valence-corrected chi connectivity index (χ3v) is 8.92. The van der Waals surface area contributed by atoms with Crippen molar-refractivity contribution in [2.45, 2.75) is 50.7 Å². The van der Waals surface area contributed by atoms with Crippen molar-refractivity contribution < 1.29 is 38.4 Å². The van der Waals surface area contributed by atoms with Gasteiger partial charge < -0.3 is 38.7 Å². The van der Waals surface area contributed by atoms with Gasteiger partial charge in [0.2, 0.25) is 0 Å². The van der Waals surface area contributed by atoms with E-state index in [9.17, 15) is 14.7 Å². The van der Waals surface area contributed by atoms with Crippen molar-refractivity contribution in [2.75, 3.05) is 25.7 Å². The third kappa shape index (κ3) is 4.29. The predicted octanol–water partition coefficient (Wildman–Crippen LogP) is 4.69. The molecule has 6 rings (SSSR count). The van der Waals surface area contributed by atoms with Crippen LogP contribution in [0.4, 0.5) is 5.82 Å². The average Bonchev–Trinajstić information content (AvgIpc) is 3.64. The zero-order chi connectivity index (χ0) is 28.2. The molecule has 0 saturated carbocycles. The summed E-state index contributed by atoms with van der Waals surface area (Å²) < 4.78 is 28.2. The molecule has 11 heteroatoms. The van der Waals surface area contributed by atoms with Gasteiger partial charge in [-0.2, -0.15) is 0 Å². The van der Waals surface area contributed by atoms with E-state index in [4.69, 9.17) is 23.7 Å². The third-order valence-electron chi connectivity index (χ3n) is 7.66. The number of fused-ring (bicyclic) bond motifs is 2. The van der Waals surface area contributed by atoms with Gasteiger partial charge in [-0.1, -0.05) is 6.07 Å². The number of piperidine rings is 1. The quantitative estimate of drug-likeness (QED) is 0.243. The first kappa shape index (κ1) is 26.3.